The van der Waals surface area contributed by atoms with Crippen LogP contribution in [0.3, 0.4) is 0 Å². The molecule has 1 fully saturated rings. The topological polar surface area (TPSA) is 105 Å². The van der Waals surface area contributed by atoms with Gasteiger partial charge in [-0.25, -0.2) is 8.42 Å². The molecule has 1 aliphatic heterocycles. The Balaban J connectivity index is 2.05. The van der Waals surface area contributed by atoms with E-state index in [9.17, 15) is 18.0 Å². The van der Waals surface area contributed by atoms with E-state index in [-0.39, 0.29) is 23.3 Å². The first-order chi connectivity index (χ1) is 12.8. The summed E-state index contributed by atoms with van der Waals surface area (Å²) in [4.78, 5) is 24.4. The van der Waals surface area contributed by atoms with E-state index in [0.717, 1.165) is 0 Å². The number of hydrogen-bond acceptors (Lipinski definition) is 5. The molecule has 2 rings (SSSR count). The SMILES string of the molecule is CCNC(=O)[C@@H](C)NC(=O)[C@@H]1CCCN(S(=O)(=O)c2ccc(OC)cc2)C1. The fourth-order valence-electron chi connectivity index (χ4n) is 3.00. The van der Waals surface area contributed by atoms with Crippen molar-refractivity contribution in [2.75, 3.05) is 26.7 Å². The van der Waals surface area contributed by atoms with Gasteiger partial charge in [0.1, 0.15) is 11.8 Å². The maximum atomic E-state index is 12.9. The fourth-order valence-corrected chi connectivity index (χ4v) is 4.52. The van der Waals surface area contributed by atoms with E-state index in [2.05, 4.69) is 10.6 Å². The van der Waals surface area contributed by atoms with E-state index in [1.807, 2.05) is 0 Å². The molecule has 0 aromatic heterocycles. The van der Waals surface area contributed by atoms with Crippen LogP contribution < -0.4 is 15.4 Å². The van der Waals surface area contributed by atoms with Gasteiger partial charge >= 0.3 is 0 Å². The molecule has 1 aromatic carbocycles. The van der Waals surface area contributed by atoms with Crippen LogP contribution in [0.2, 0.25) is 0 Å². The van der Waals surface area contributed by atoms with Crippen molar-refractivity contribution in [2.45, 2.75) is 37.6 Å². The van der Waals surface area contributed by atoms with Gasteiger partial charge in [-0.1, -0.05) is 0 Å². The number of ether oxygens (including phenoxy) is 1. The molecule has 27 heavy (non-hydrogen) atoms. The van der Waals surface area contributed by atoms with Crippen LogP contribution in [0.15, 0.2) is 29.2 Å². The molecule has 1 aromatic rings. The number of amides is 2. The zero-order chi connectivity index (χ0) is 20.0. The molecule has 0 spiro atoms. The second-order valence-corrected chi connectivity index (χ2v) is 8.44. The van der Waals surface area contributed by atoms with Gasteiger partial charge in [0, 0.05) is 19.6 Å². The maximum Gasteiger partial charge on any atom is 0.243 e. The Bertz CT molecular complexity index is 764. The smallest absolute Gasteiger partial charge is 0.243 e. The van der Waals surface area contributed by atoms with Gasteiger partial charge in [0.15, 0.2) is 0 Å². The summed E-state index contributed by atoms with van der Waals surface area (Å²) in [6, 6.07) is 5.51. The van der Waals surface area contributed by atoms with Crippen molar-refractivity contribution in [1.29, 1.82) is 0 Å². The lowest BCUT2D eigenvalue weighted by Gasteiger charge is -2.31. The highest BCUT2D eigenvalue weighted by molar-refractivity contribution is 7.89. The summed E-state index contributed by atoms with van der Waals surface area (Å²) >= 11 is 0. The molecule has 9 heteroatoms. The van der Waals surface area contributed by atoms with Gasteiger partial charge in [0.25, 0.3) is 0 Å². The highest BCUT2D eigenvalue weighted by Crippen LogP contribution is 2.25. The van der Waals surface area contributed by atoms with Crippen molar-refractivity contribution in [2.24, 2.45) is 5.92 Å². The van der Waals surface area contributed by atoms with E-state index >= 15 is 0 Å². The van der Waals surface area contributed by atoms with Crippen LogP contribution in [0.5, 0.6) is 5.75 Å². The number of likely N-dealkylation sites (N-methyl/N-ethyl adjacent to an activating group) is 1. The molecule has 0 aliphatic carbocycles. The van der Waals surface area contributed by atoms with E-state index in [4.69, 9.17) is 4.74 Å². The molecule has 0 unspecified atom stereocenters. The summed E-state index contributed by atoms with van der Waals surface area (Å²) in [7, 11) is -2.18. The van der Waals surface area contributed by atoms with Gasteiger partial charge < -0.3 is 15.4 Å². The molecule has 1 heterocycles. The van der Waals surface area contributed by atoms with E-state index in [0.29, 0.717) is 31.7 Å². The molecular weight excluding hydrogens is 370 g/mol. The molecule has 0 radical (unpaired) electrons. The summed E-state index contributed by atoms with van der Waals surface area (Å²) in [6.45, 7) is 4.36. The first kappa shape index (κ1) is 21.2. The highest BCUT2D eigenvalue weighted by atomic mass is 32.2. The number of hydrogen-bond donors (Lipinski definition) is 2. The summed E-state index contributed by atoms with van der Waals surface area (Å²) in [5.74, 6) is -0.472. The van der Waals surface area contributed by atoms with Gasteiger partial charge in [-0.3, -0.25) is 9.59 Å². The van der Waals surface area contributed by atoms with Crippen molar-refractivity contribution in [3.63, 3.8) is 0 Å². The number of sulfonamides is 1. The minimum Gasteiger partial charge on any atom is -0.497 e. The third-order valence-corrected chi connectivity index (χ3v) is 6.43. The molecule has 2 atom stereocenters. The molecule has 1 saturated heterocycles. The minimum atomic E-state index is -3.69. The number of nitrogens with zero attached hydrogens (tertiary/aromatic N) is 1. The Kier molecular flexibility index (Phi) is 7.20. The third kappa shape index (κ3) is 5.20. The van der Waals surface area contributed by atoms with Crippen molar-refractivity contribution in [3.05, 3.63) is 24.3 Å². The zero-order valence-corrected chi connectivity index (χ0v) is 16.7. The maximum absolute atomic E-state index is 12.9. The van der Waals surface area contributed by atoms with Gasteiger partial charge in [0.05, 0.1) is 17.9 Å². The Morgan fingerprint density at radius 3 is 2.56 bits per heavy atom. The largest absolute Gasteiger partial charge is 0.497 e. The van der Waals surface area contributed by atoms with Crippen LogP contribution in [0.1, 0.15) is 26.7 Å². The summed E-state index contributed by atoms with van der Waals surface area (Å²) < 4.78 is 32.1. The summed E-state index contributed by atoms with van der Waals surface area (Å²) in [5, 5.41) is 5.32. The predicted octanol–water partition coefficient (Wildman–Crippen LogP) is 0.737. The fraction of sp³-hybridized carbons (Fsp3) is 0.556. The molecular formula is C18H27N3O5S. The number of carbonyl (C=O) groups excluding carboxylic acids is 2. The van der Waals surface area contributed by atoms with Crippen molar-refractivity contribution in [3.8, 4) is 5.75 Å². The lowest BCUT2D eigenvalue weighted by molar-refractivity contribution is -0.131. The number of benzene rings is 1. The Morgan fingerprint density at radius 1 is 1.30 bits per heavy atom. The Labute approximate surface area is 160 Å². The van der Waals surface area contributed by atoms with Crippen LogP contribution in [-0.2, 0) is 19.6 Å². The van der Waals surface area contributed by atoms with Crippen molar-refractivity contribution in [1.82, 2.24) is 14.9 Å². The second-order valence-electron chi connectivity index (χ2n) is 6.50. The van der Waals surface area contributed by atoms with Crippen molar-refractivity contribution >= 4 is 21.8 Å². The number of piperidine rings is 1. The molecule has 0 bridgehead atoms. The monoisotopic (exact) mass is 397 g/mol. The predicted molar refractivity (Wildman–Crippen MR) is 101 cm³/mol. The first-order valence-electron chi connectivity index (χ1n) is 9.02. The second kappa shape index (κ2) is 9.18. The molecule has 1 aliphatic rings. The van der Waals surface area contributed by atoms with E-state index in [1.165, 1.54) is 23.5 Å². The molecule has 0 saturated carbocycles. The van der Waals surface area contributed by atoms with Gasteiger partial charge in [-0.2, -0.15) is 4.31 Å². The number of rotatable bonds is 7. The summed E-state index contributed by atoms with van der Waals surface area (Å²) in [5.41, 5.74) is 0. The lowest BCUT2D eigenvalue weighted by Crippen LogP contribution is -2.50. The molecule has 2 N–H and O–H groups in total. The standard InChI is InChI=1S/C18H27N3O5S/c1-4-19-17(22)13(2)20-18(23)14-6-5-11-21(12-14)27(24,25)16-9-7-15(26-3)8-10-16/h7-10,13-14H,4-6,11-12H2,1-3H3,(H,19,22)(H,20,23)/t13-,14-/m1/s1. The average Bonchev–Trinajstić information content (AvgIpc) is 2.68. The number of methoxy groups -OCH3 is 1. The van der Waals surface area contributed by atoms with Crippen LogP contribution in [0.4, 0.5) is 0 Å². The number of carbonyl (C=O) groups is 2. The summed E-state index contributed by atoms with van der Waals surface area (Å²) in [6.07, 6.45) is 1.17. The first-order valence-corrected chi connectivity index (χ1v) is 10.5. The Hall–Kier alpha value is -2.13. The van der Waals surface area contributed by atoms with Gasteiger partial charge in [-0.15, -0.1) is 0 Å². The molecule has 2 amide bonds. The van der Waals surface area contributed by atoms with Gasteiger partial charge in [0.2, 0.25) is 21.8 Å². The lowest BCUT2D eigenvalue weighted by atomic mass is 9.98. The van der Waals surface area contributed by atoms with Crippen LogP contribution in [0.25, 0.3) is 0 Å². The number of nitrogens with one attached hydrogen (secondary N) is 2. The third-order valence-electron chi connectivity index (χ3n) is 4.56. The zero-order valence-electron chi connectivity index (χ0n) is 15.9. The highest BCUT2D eigenvalue weighted by Gasteiger charge is 2.34. The van der Waals surface area contributed by atoms with Gasteiger partial charge in [-0.05, 0) is 51.0 Å². The van der Waals surface area contributed by atoms with E-state index in [1.54, 1.807) is 26.0 Å². The van der Waals surface area contributed by atoms with Crippen molar-refractivity contribution < 1.29 is 22.7 Å². The van der Waals surface area contributed by atoms with Crippen LogP contribution in [-0.4, -0.2) is 57.3 Å². The molecule has 8 nitrogen and oxygen atoms in total. The minimum absolute atomic E-state index is 0.0995. The van der Waals surface area contributed by atoms with Crippen LogP contribution in [0, 0.1) is 5.92 Å². The Morgan fingerprint density at radius 2 is 1.96 bits per heavy atom. The quantitative estimate of drug-likeness (QED) is 0.706. The molecule has 150 valence electrons. The van der Waals surface area contributed by atoms with E-state index < -0.39 is 22.0 Å². The average molecular weight is 397 g/mol. The normalized spacial score (nSPS) is 19.1. The van der Waals surface area contributed by atoms with Crippen LogP contribution >= 0.6 is 0 Å².